The number of hydrogen-bond donors (Lipinski definition) is 0. The van der Waals surface area contributed by atoms with Crippen molar-refractivity contribution in [2.24, 2.45) is 17.8 Å². The summed E-state index contributed by atoms with van der Waals surface area (Å²) in [6.45, 7) is 12.9. The van der Waals surface area contributed by atoms with Crippen molar-refractivity contribution in [3.8, 4) is 16.9 Å². The predicted octanol–water partition coefficient (Wildman–Crippen LogP) is 7.86. The fourth-order valence-corrected chi connectivity index (χ4v) is 5.87. The van der Waals surface area contributed by atoms with Crippen molar-refractivity contribution in [3.05, 3.63) is 88.5 Å². The summed E-state index contributed by atoms with van der Waals surface area (Å²) in [5.41, 5.74) is 7.61. The molecule has 4 heteroatoms. The number of benzene rings is 2. The van der Waals surface area contributed by atoms with Crippen molar-refractivity contribution in [1.82, 2.24) is 0 Å². The van der Waals surface area contributed by atoms with Crippen LogP contribution < -0.4 is 4.74 Å². The van der Waals surface area contributed by atoms with Gasteiger partial charge in [0.25, 0.3) is 0 Å². The molecule has 3 fully saturated rings. The van der Waals surface area contributed by atoms with Crippen molar-refractivity contribution in [1.29, 1.82) is 0 Å². The number of aryl methyl sites for hydroxylation is 2. The average Bonchev–Trinajstić information content (AvgIpc) is 3.54. The van der Waals surface area contributed by atoms with E-state index in [1.165, 1.54) is 23.6 Å². The lowest BCUT2D eigenvalue weighted by Gasteiger charge is -2.22. The standard InChI is InChI=1S/C32H37FO3/c1-5-29-25(16-26-17-30(26)29)14-22(4)35-19-27-15-24(6-7-31(27)33)32-20(2)12-28(13-21(32)3)36-18-23-8-10-34-11-9-23/h5-7,12-15,23,26,30H,4,8-11,16-19H2,1-3H3/b25-14-,29-5+. The second-order valence-corrected chi connectivity index (χ2v) is 10.6. The van der Waals surface area contributed by atoms with Gasteiger partial charge in [-0.2, -0.15) is 0 Å². The highest BCUT2D eigenvalue weighted by Gasteiger charge is 2.46. The van der Waals surface area contributed by atoms with Gasteiger partial charge >= 0.3 is 0 Å². The van der Waals surface area contributed by atoms with Crippen molar-refractivity contribution in [2.75, 3.05) is 19.8 Å². The molecule has 2 aliphatic carbocycles. The average molecular weight is 489 g/mol. The van der Waals surface area contributed by atoms with Gasteiger partial charge in [-0.1, -0.05) is 18.7 Å². The summed E-state index contributed by atoms with van der Waals surface area (Å²) >= 11 is 0. The van der Waals surface area contributed by atoms with Crippen LogP contribution >= 0.6 is 0 Å². The Hall–Kier alpha value is -2.85. The molecule has 1 aliphatic heterocycles. The molecule has 0 N–H and O–H groups in total. The number of rotatable bonds is 8. The van der Waals surface area contributed by atoms with Gasteiger partial charge in [0, 0.05) is 18.8 Å². The van der Waals surface area contributed by atoms with E-state index in [9.17, 15) is 4.39 Å². The van der Waals surface area contributed by atoms with Crippen LogP contribution in [0.1, 0.15) is 49.3 Å². The molecule has 1 heterocycles. The van der Waals surface area contributed by atoms with Crippen LogP contribution in [0.2, 0.25) is 0 Å². The third-order valence-electron chi connectivity index (χ3n) is 7.90. The Morgan fingerprint density at radius 3 is 2.61 bits per heavy atom. The highest BCUT2D eigenvalue weighted by Crippen LogP contribution is 2.57. The van der Waals surface area contributed by atoms with E-state index in [0.29, 0.717) is 17.2 Å². The van der Waals surface area contributed by atoms with E-state index in [1.807, 2.05) is 18.2 Å². The maximum absolute atomic E-state index is 14.7. The molecule has 2 saturated carbocycles. The van der Waals surface area contributed by atoms with Gasteiger partial charge in [-0.25, -0.2) is 4.39 Å². The fraction of sp³-hybridized carbons (Fsp3) is 0.438. The van der Waals surface area contributed by atoms with Crippen molar-refractivity contribution < 1.29 is 18.6 Å². The zero-order valence-corrected chi connectivity index (χ0v) is 21.7. The predicted molar refractivity (Wildman–Crippen MR) is 142 cm³/mol. The van der Waals surface area contributed by atoms with Crippen LogP contribution in [-0.2, 0) is 16.1 Å². The number of ether oxygens (including phenoxy) is 3. The molecule has 2 aromatic rings. The Morgan fingerprint density at radius 2 is 1.89 bits per heavy atom. The minimum Gasteiger partial charge on any atom is -0.493 e. The zero-order chi connectivity index (χ0) is 25.2. The maximum atomic E-state index is 14.7. The number of fused-ring (bicyclic) bond motifs is 1. The van der Waals surface area contributed by atoms with E-state index >= 15 is 0 Å². The molecule has 36 heavy (non-hydrogen) atoms. The third-order valence-corrected chi connectivity index (χ3v) is 7.90. The summed E-state index contributed by atoms with van der Waals surface area (Å²) < 4.78 is 32.2. The molecule has 0 amide bonds. The van der Waals surface area contributed by atoms with Crippen LogP contribution in [0.3, 0.4) is 0 Å². The largest absolute Gasteiger partial charge is 0.493 e. The lowest BCUT2D eigenvalue weighted by molar-refractivity contribution is 0.0497. The molecule has 3 aliphatic rings. The fourth-order valence-electron chi connectivity index (χ4n) is 5.87. The normalized spacial score (nSPS) is 23.7. The van der Waals surface area contributed by atoms with Crippen molar-refractivity contribution in [3.63, 3.8) is 0 Å². The Bertz CT molecular complexity index is 1180. The first-order chi connectivity index (χ1) is 17.4. The Labute approximate surface area is 214 Å². The van der Waals surface area contributed by atoms with Gasteiger partial charge in [0.1, 0.15) is 23.9 Å². The molecule has 190 valence electrons. The van der Waals surface area contributed by atoms with Crippen molar-refractivity contribution >= 4 is 0 Å². The quantitative estimate of drug-likeness (QED) is 0.354. The summed E-state index contributed by atoms with van der Waals surface area (Å²) in [6, 6.07) is 9.44. The van der Waals surface area contributed by atoms with E-state index < -0.39 is 0 Å². The Balaban J connectivity index is 1.26. The monoisotopic (exact) mass is 488 g/mol. The van der Waals surface area contributed by atoms with E-state index in [4.69, 9.17) is 14.2 Å². The molecule has 2 unspecified atom stereocenters. The topological polar surface area (TPSA) is 27.7 Å². The summed E-state index contributed by atoms with van der Waals surface area (Å²) in [6.07, 6.45) is 8.77. The van der Waals surface area contributed by atoms with E-state index in [1.54, 1.807) is 0 Å². The maximum Gasteiger partial charge on any atom is 0.129 e. The first kappa shape index (κ1) is 24.8. The third kappa shape index (κ3) is 5.44. The molecule has 0 bridgehead atoms. The minimum absolute atomic E-state index is 0.157. The van der Waals surface area contributed by atoms with Gasteiger partial charge in [-0.15, -0.1) is 0 Å². The van der Waals surface area contributed by atoms with E-state index in [0.717, 1.165) is 78.9 Å². The second-order valence-electron chi connectivity index (χ2n) is 10.6. The van der Waals surface area contributed by atoms with Crippen LogP contribution in [0, 0.1) is 37.4 Å². The lowest BCUT2D eigenvalue weighted by Crippen LogP contribution is -2.21. The molecule has 2 aromatic carbocycles. The first-order valence-electron chi connectivity index (χ1n) is 13.2. The van der Waals surface area contributed by atoms with Crippen LogP contribution in [0.4, 0.5) is 4.39 Å². The first-order valence-corrected chi connectivity index (χ1v) is 13.2. The number of allylic oxidation sites excluding steroid dienone is 4. The van der Waals surface area contributed by atoms with Crippen LogP contribution in [0.5, 0.6) is 5.75 Å². The highest BCUT2D eigenvalue weighted by molar-refractivity contribution is 5.72. The molecule has 2 atom stereocenters. The van der Waals surface area contributed by atoms with Gasteiger partial charge in [-0.3, -0.25) is 0 Å². The summed E-state index contributed by atoms with van der Waals surface area (Å²) in [5.74, 6) is 3.30. The van der Waals surface area contributed by atoms with Crippen LogP contribution in [-0.4, -0.2) is 19.8 Å². The van der Waals surface area contributed by atoms with Gasteiger partial charge in [0.15, 0.2) is 0 Å². The molecular formula is C32H37FO3. The van der Waals surface area contributed by atoms with Gasteiger partial charge < -0.3 is 14.2 Å². The molecule has 0 radical (unpaired) electrons. The van der Waals surface area contributed by atoms with Gasteiger partial charge in [0.05, 0.1) is 6.61 Å². The number of hydrogen-bond acceptors (Lipinski definition) is 3. The SMILES string of the molecule is C=C(/C=C1/CC2CC2/C1=C/C)OCc1cc(-c2c(C)cc(OCC3CCOCC3)cc2C)ccc1F. The van der Waals surface area contributed by atoms with Gasteiger partial charge in [0.2, 0.25) is 0 Å². The number of halogens is 1. The van der Waals surface area contributed by atoms with E-state index in [2.05, 4.69) is 45.6 Å². The molecule has 1 saturated heterocycles. The lowest BCUT2D eigenvalue weighted by atomic mass is 9.94. The molecule has 0 aromatic heterocycles. The molecule has 3 nitrogen and oxygen atoms in total. The zero-order valence-electron chi connectivity index (χ0n) is 21.7. The van der Waals surface area contributed by atoms with Crippen LogP contribution in [0.25, 0.3) is 11.1 Å². The van der Waals surface area contributed by atoms with Crippen LogP contribution in [0.15, 0.2) is 66.0 Å². The highest BCUT2D eigenvalue weighted by atomic mass is 19.1. The smallest absolute Gasteiger partial charge is 0.129 e. The molecule has 5 rings (SSSR count). The Morgan fingerprint density at radius 1 is 1.14 bits per heavy atom. The molecule has 0 spiro atoms. The summed E-state index contributed by atoms with van der Waals surface area (Å²) in [7, 11) is 0. The molecular weight excluding hydrogens is 451 g/mol. The summed E-state index contributed by atoms with van der Waals surface area (Å²) in [5, 5.41) is 0. The Kier molecular flexibility index (Phi) is 7.34. The van der Waals surface area contributed by atoms with Crippen molar-refractivity contribution in [2.45, 2.75) is 53.1 Å². The van der Waals surface area contributed by atoms with E-state index in [-0.39, 0.29) is 12.4 Å². The van der Waals surface area contributed by atoms with Gasteiger partial charge in [-0.05, 0) is 128 Å². The summed E-state index contributed by atoms with van der Waals surface area (Å²) in [4.78, 5) is 0. The minimum atomic E-state index is -0.262. The second kappa shape index (κ2) is 10.6.